The Balaban J connectivity index is 1.55. The lowest BCUT2D eigenvalue weighted by molar-refractivity contribution is -0.136. The van der Waals surface area contributed by atoms with Crippen LogP contribution in [0.1, 0.15) is 24.0 Å². The largest absolute Gasteiger partial charge is 0.381 e. The lowest BCUT2D eigenvalue weighted by Crippen LogP contribution is -2.48. The number of morpholine rings is 1. The maximum atomic E-state index is 12.7. The van der Waals surface area contributed by atoms with Crippen molar-refractivity contribution in [3.05, 3.63) is 35.4 Å². The molecule has 0 aromatic heterocycles. The smallest absolute Gasteiger partial charge is 0.227 e. The zero-order valence-electron chi connectivity index (χ0n) is 14.8. The second-order valence-electron chi connectivity index (χ2n) is 6.99. The number of hydrogen-bond donors (Lipinski definition) is 2. The zero-order chi connectivity index (χ0) is 17.5. The third-order valence-corrected chi connectivity index (χ3v) is 5.28. The molecule has 6 nitrogen and oxygen atoms in total. The van der Waals surface area contributed by atoms with E-state index in [1.54, 1.807) is 0 Å². The lowest BCUT2D eigenvalue weighted by Gasteiger charge is -2.34. The van der Waals surface area contributed by atoms with Crippen molar-refractivity contribution in [3.63, 3.8) is 0 Å². The van der Waals surface area contributed by atoms with E-state index in [1.807, 2.05) is 0 Å². The van der Waals surface area contributed by atoms with Gasteiger partial charge in [-0.3, -0.25) is 9.69 Å². The molecule has 2 heterocycles. The van der Waals surface area contributed by atoms with Crippen LogP contribution in [0.15, 0.2) is 24.3 Å². The second kappa shape index (κ2) is 8.76. The summed E-state index contributed by atoms with van der Waals surface area (Å²) in [6, 6.07) is 8.43. The number of rotatable bonds is 6. The maximum Gasteiger partial charge on any atom is 0.227 e. The number of nitrogens with zero attached hydrogens (tertiary/aromatic N) is 1. The first-order valence-electron chi connectivity index (χ1n) is 9.16. The molecule has 0 radical (unpaired) electrons. The molecular formula is C19H29N3O3. The van der Waals surface area contributed by atoms with Crippen LogP contribution in [0.4, 0.5) is 0 Å². The molecule has 0 spiro atoms. The Bertz CT molecular complexity index is 567. The topological polar surface area (TPSA) is 76.8 Å². The van der Waals surface area contributed by atoms with Crippen LogP contribution in [0, 0.1) is 5.41 Å². The van der Waals surface area contributed by atoms with Gasteiger partial charge in [-0.2, -0.15) is 0 Å². The fraction of sp³-hybridized carbons (Fsp3) is 0.632. The number of hydrogen-bond acceptors (Lipinski definition) is 5. The summed E-state index contributed by atoms with van der Waals surface area (Å²) in [6.45, 7) is 6.62. The molecular weight excluding hydrogens is 318 g/mol. The predicted octanol–water partition coefficient (Wildman–Crippen LogP) is 0.891. The highest BCUT2D eigenvalue weighted by molar-refractivity contribution is 5.83. The van der Waals surface area contributed by atoms with Gasteiger partial charge in [-0.15, -0.1) is 0 Å². The van der Waals surface area contributed by atoms with Crippen LogP contribution in [0.3, 0.4) is 0 Å². The van der Waals surface area contributed by atoms with Crippen LogP contribution < -0.4 is 11.1 Å². The number of carbonyl (C=O) groups excluding carboxylic acids is 1. The van der Waals surface area contributed by atoms with E-state index in [9.17, 15) is 4.79 Å². The van der Waals surface area contributed by atoms with E-state index in [1.165, 1.54) is 5.56 Å². The zero-order valence-corrected chi connectivity index (χ0v) is 14.8. The molecule has 2 fully saturated rings. The molecule has 1 aromatic rings. The number of carbonyl (C=O) groups is 1. The number of nitrogens with two attached hydrogens (primary N) is 1. The minimum atomic E-state index is -0.469. The Morgan fingerprint density at radius 2 is 1.80 bits per heavy atom. The van der Waals surface area contributed by atoms with Gasteiger partial charge in [0.2, 0.25) is 5.91 Å². The highest BCUT2D eigenvalue weighted by atomic mass is 16.5. The van der Waals surface area contributed by atoms with Crippen molar-refractivity contribution in [2.75, 3.05) is 46.1 Å². The standard InChI is InChI=1S/C19H29N3O3/c20-15-19(4-8-24-9-5-19)18(23)21-13-16-2-1-3-17(12-16)14-22-6-10-25-11-7-22/h1-3,12H,4-11,13-15,20H2,(H,21,23). The number of amides is 1. The molecule has 3 N–H and O–H groups in total. The highest BCUT2D eigenvalue weighted by Gasteiger charge is 2.38. The van der Waals surface area contributed by atoms with Crippen LogP contribution in [0.2, 0.25) is 0 Å². The van der Waals surface area contributed by atoms with Gasteiger partial charge < -0.3 is 20.5 Å². The molecule has 2 saturated heterocycles. The number of ether oxygens (including phenoxy) is 2. The van der Waals surface area contributed by atoms with Crippen molar-refractivity contribution in [2.45, 2.75) is 25.9 Å². The molecule has 2 aliphatic heterocycles. The van der Waals surface area contributed by atoms with Crippen LogP contribution in [0.5, 0.6) is 0 Å². The van der Waals surface area contributed by atoms with Crippen molar-refractivity contribution in [1.82, 2.24) is 10.2 Å². The van der Waals surface area contributed by atoms with Crippen molar-refractivity contribution in [1.29, 1.82) is 0 Å². The minimum Gasteiger partial charge on any atom is -0.381 e. The molecule has 1 aromatic carbocycles. The fourth-order valence-corrected chi connectivity index (χ4v) is 3.51. The van der Waals surface area contributed by atoms with Gasteiger partial charge >= 0.3 is 0 Å². The third-order valence-electron chi connectivity index (χ3n) is 5.28. The summed E-state index contributed by atoms with van der Waals surface area (Å²) in [4.78, 5) is 15.1. The molecule has 2 aliphatic rings. The molecule has 0 aliphatic carbocycles. The van der Waals surface area contributed by atoms with Gasteiger partial charge in [0.05, 0.1) is 18.6 Å². The average Bonchev–Trinajstić information content (AvgIpc) is 2.68. The van der Waals surface area contributed by atoms with Gasteiger partial charge in [0, 0.05) is 45.9 Å². The van der Waals surface area contributed by atoms with E-state index in [2.05, 4.69) is 34.5 Å². The summed E-state index contributed by atoms with van der Waals surface area (Å²) < 4.78 is 10.8. The molecule has 0 saturated carbocycles. The minimum absolute atomic E-state index is 0.0527. The summed E-state index contributed by atoms with van der Waals surface area (Å²) in [6.07, 6.45) is 1.40. The summed E-state index contributed by atoms with van der Waals surface area (Å²) in [5.41, 5.74) is 7.83. The molecule has 25 heavy (non-hydrogen) atoms. The first-order valence-corrected chi connectivity index (χ1v) is 9.16. The van der Waals surface area contributed by atoms with Crippen LogP contribution >= 0.6 is 0 Å². The van der Waals surface area contributed by atoms with Crippen molar-refractivity contribution < 1.29 is 14.3 Å². The van der Waals surface area contributed by atoms with Gasteiger partial charge in [0.25, 0.3) is 0 Å². The lowest BCUT2D eigenvalue weighted by atomic mass is 9.79. The molecule has 138 valence electrons. The molecule has 0 unspecified atom stereocenters. The summed E-state index contributed by atoms with van der Waals surface area (Å²) in [7, 11) is 0. The fourth-order valence-electron chi connectivity index (χ4n) is 3.51. The van der Waals surface area contributed by atoms with Crippen molar-refractivity contribution >= 4 is 5.91 Å². The third kappa shape index (κ3) is 4.79. The Labute approximate surface area is 149 Å². The monoisotopic (exact) mass is 347 g/mol. The quantitative estimate of drug-likeness (QED) is 0.799. The summed E-state index contributed by atoms with van der Waals surface area (Å²) in [5, 5.41) is 3.08. The van der Waals surface area contributed by atoms with Crippen molar-refractivity contribution in [3.8, 4) is 0 Å². The van der Waals surface area contributed by atoms with Crippen LogP contribution in [-0.4, -0.2) is 56.9 Å². The molecule has 3 rings (SSSR count). The summed E-state index contributed by atoms with van der Waals surface area (Å²) >= 11 is 0. The Morgan fingerprint density at radius 3 is 2.52 bits per heavy atom. The number of nitrogens with one attached hydrogen (secondary N) is 1. The second-order valence-corrected chi connectivity index (χ2v) is 6.99. The van der Waals surface area contributed by atoms with Crippen molar-refractivity contribution in [2.24, 2.45) is 11.1 Å². The highest BCUT2D eigenvalue weighted by Crippen LogP contribution is 2.29. The maximum absolute atomic E-state index is 12.7. The van der Waals surface area contributed by atoms with E-state index in [0.29, 0.717) is 39.1 Å². The SMILES string of the molecule is NCC1(C(=O)NCc2cccc(CN3CCOCC3)c2)CCOCC1. The first kappa shape index (κ1) is 18.3. The molecule has 0 atom stereocenters. The van der Waals surface area contributed by atoms with E-state index < -0.39 is 5.41 Å². The normalized spacial score (nSPS) is 21.0. The predicted molar refractivity (Wildman–Crippen MR) is 95.9 cm³/mol. The van der Waals surface area contributed by atoms with Crippen LogP contribution in [0.25, 0.3) is 0 Å². The Hall–Kier alpha value is -1.47. The Morgan fingerprint density at radius 1 is 1.12 bits per heavy atom. The average molecular weight is 347 g/mol. The van der Waals surface area contributed by atoms with E-state index in [0.717, 1.165) is 38.4 Å². The van der Waals surface area contributed by atoms with Crippen LogP contribution in [-0.2, 0) is 27.4 Å². The number of benzene rings is 1. The van der Waals surface area contributed by atoms with E-state index in [-0.39, 0.29) is 5.91 Å². The van der Waals surface area contributed by atoms with Gasteiger partial charge in [0.1, 0.15) is 0 Å². The van der Waals surface area contributed by atoms with E-state index >= 15 is 0 Å². The summed E-state index contributed by atoms with van der Waals surface area (Å²) in [5.74, 6) is 0.0527. The van der Waals surface area contributed by atoms with Gasteiger partial charge in [-0.25, -0.2) is 0 Å². The molecule has 6 heteroatoms. The first-order chi connectivity index (χ1) is 12.2. The molecule has 0 bridgehead atoms. The van der Waals surface area contributed by atoms with Gasteiger partial charge in [0.15, 0.2) is 0 Å². The van der Waals surface area contributed by atoms with Gasteiger partial charge in [-0.05, 0) is 24.0 Å². The van der Waals surface area contributed by atoms with Gasteiger partial charge in [-0.1, -0.05) is 24.3 Å². The molecule has 1 amide bonds. The van der Waals surface area contributed by atoms with E-state index in [4.69, 9.17) is 15.2 Å². The Kier molecular flexibility index (Phi) is 6.42.